The summed E-state index contributed by atoms with van der Waals surface area (Å²) in [6.45, 7) is 0.752. The Bertz CT molecular complexity index is 462. The highest BCUT2D eigenvalue weighted by Crippen LogP contribution is 2.38. The van der Waals surface area contributed by atoms with Crippen LogP contribution in [0.15, 0.2) is 11.4 Å². The van der Waals surface area contributed by atoms with E-state index in [1.807, 2.05) is 5.38 Å². The van der Waals surface area contributed by atoms with Crippen molar-refractivity contribution in [3.8, 4) is 5.75 Å². The van der Waals surface area contributed by atoms with Crippen LogP contribution in [0.2, 0.25) is 0 Å². The minimum atomic E-state index is -0.0994. The molecule has 5 nitrogen and oxygen atoms in total. The van der Waals surface area contributed by atoms with Gasteiger partial charge in [-0.15, -0.1) is 11.3 Å². The number of carbonyl (C=O) groups is 1. The standard InChI is InChI=1S/C12H16N2O3S/c1-16-6-4-8(18-5-6)12(15)14-10-9(13)7-2-3-17-11(7)10/h4-5,7,9-11H,2-3,13H2,1H3,(H,14,15). The van der Waals surface area contributed by atoms with Gasteiger partial charge >= 0.3 is 0 Å². The summed E-state index contributed by atoms with van der Waals surface area (Å²) in [5.41, 5.74) is 6.05. The first-order valence-corrected chi connectivity index (χ1v) is 6.89. The second-order valence-corrected chi connectivity index (χ2v) is 5.63. The molecule has 4 unspecified atom stereocenters. The zero-order valence-electron chi connectivity index (χ0n) is 10.1. The van der Waals surface area contributed by atoms with Crippen LogP contribution < -0.4 is 15.8 Å². The number of ether oxygens (including phenoxy) is 2. The molecule has 1 aliphatic heterocycles. The predicted octanol–water partition coefficient (Wildman–Crippen LogP) is 0.601. The molecule has 1 aromatic heterocycles. The number of thiophene rings is 1. The first kappa shape index (κ1) is 12.0. The van der Waals surface area contributed by atoms with E-state index >= 15 is 0 Å². The van der Waals surface area contributed by atoms with E-state index < -0.39 is 0 Å². The minimum absolute atomic E-state index is 0.0170. The van der Waals surface area contributed by atoms with Gasteiger partial charge in [0.05, 0.1) is 24.1 Å². The van der Waals surface area contributed by atoms with Gasteiger partial charge in [-0.3, -0.25) is 4.79 Å². The molecule has 4 atom stereocenters. The maximum atomic E-state index is 12.0. The second-order valence-electron chi connectivity index (χ2n) is 4.72. The molecule has 0 spiro atoms. The van der Waals surface area contributed by atoms with Gasteiger partial charge < -0.3 is 20.5 Å². The van der Waals surface area contributed by atoms with Crippen LogP contribution in [0, 0.1) is 5.92 Å². The molecule has 1 saturated carbocycles. The number of methoxy groups -OCH3 is 1. The molecule has 3 N–H and O–H groups in total. The largest absolute Gasteiger partial charge is 0.496 e. The Morgan fingerprint density at radius 1 is 1.67 bits per heavy atom. The summed E-state index contributed by atoms with van der Waals surface area (Å²) in [5.74, 6) is 1.02. The highest BCUT2D eigenvalue weighted by atomic mass is 32.1. The number of nitrogens with one attached hydrogen (secondary N) is 1. The zero-order chi connectivity index (χ0) is 12.7. The lowest BCUT2D eigenvalue weighted by Crippen LogP contribution is -2.68. The Labute approximate surface area is 109 Å². The van der Waals surface area contributed by atoms with Crippen molar-refractivity contribution in [1.82, 2.24) is 5.32 Å². The molecular weight excluding hydrogens is 252 g/mol. The molecule has 0 radical (unpaired) electrons. The Kier molecular flexibility index (Phi) is 3.01. The second kappa shape index (κ2) is 4.53. The summed E-state index contributed by atoms with van der Waals surface area (Å²) in [6, 6.07) is 1.69. The van der Waals surface area contributed by atoms with Crippen molar-refractivity contribution in [3.05, 3.63) is 16.3 Å². The Balaban J connectivity index is 1.64. The van der Waals surface area contributed by atoms with Crippen LogP contribution in [0.1, 0.15) is 16.1 Å². The zero-order valence-corrected chi connectivity index (χ0v) is 10.9. The average Bonchev–Trinajstić information content (AvgIpc) is 3.02. The van der Waals surface area contributed by atoms with Gasteiger partial charge in [-0.05, 0) is 6.42 Å². The molecule has 18 heavy (non-hydrogen) atoms. The van der Waals surface area contributed by atoms with E-state index in [2.05, 4.69) is 5.32 Å². The third-order valence-corrected chi connectivity index (χ3v) is 4.69. The molecule has 2 aliphatic rings. The smallest absolute Gasteiger partial charge is 0.261 e. The number of nitrogens with two attached hydrogens (primary N) is 1. The summed E-state index contributed by atoms with van der Waals surface area (Å²) in [6.07, 6.45) is 1.11. The van der Waals surface area contributed by atoms with Crippen molar-refractivity contribution >= 4 is 17.2 Å². The van der Waals surface area contributed by atoms with Crippen LogP contribution in [0.5, 0.6) is 5.75 Å². The molecule has 2 fully saturated rings. The van der Waals surface area contributed by atoms with E-state index in [1.54, 1.807) is 13.2 Å². The van der Waals surface area contributed by atoms with Gasteiger partial charge in [0.1, 0.15) is 5.75 Å². The number of amides is 1. The van der Waals surface area contributed by atoms with E-state index in [0.29, 0.717) is 16.5 Å². The van der Waals surface area contributed by atoms with Crippen LogP contribution in [0.25, 0.3) is 0 Å². The number of rotatable bonds is 3. The van der Waals surface area contributed by atoms with Crippen LogP contribution in [-0.2, 0) is 4.74 Å². The lowest BCUT2D eigenvalue weighted by molar-refractivity contribution is -0.0160. The van der Waals surface area contributed by atoms with E-state index in [4.69, 9.17) is 15.2 Å². The highest BCUT2D eigenvalue weighted by Gasteiger charge is 2.52. The fraction of sp³-hybridized carbons (Fsp3) is 0.583. The van der Waals surface area contributed by atoms with Gasteiger partial charge in [-0.2, -0.15) is 0 Å². The number of hydrogen-bond acceptors (Lipinski definition) is 5. The van der Waals surface area contributed by atoms with Crippen LogP contribution in [0.4, 0.5) is 0 Å². The fourth-order valence-corrected chi connectivity index (χ4v) is 3.45. The minimum Gasteiger partial charge on any atom is -0.496 e. The van der Waals surface area contributed by atoms with Gasteiger partial charge in [0, 0.05) is 30.0 Å². The molecular formula is C12H16N2O3S. The SMILES string of the molecule is COc1csc(C(=O)NC2C(N)C3CCOC32)c1. The molecule has 6 heteroatoms. The average molecular weight is 268 g/mol. The summed E-state index contributed by atoms with van der Waals surface area (Å²) in [5, 5.41) is 4.77. The van der Waals surface area contributed by atoms with Gasteiger partial charge in [0.2, 0.25) is 0 Å². The Morgan fingerprint density at radius 2 is 2.50 bits per heavy atom. The van der Waals surface area contributed by atoms with Crippen LogP contribution >= 0.6 is 11.3 Å². The van der Waals surface area contributed by atoms with Crippen molar-refractivity contribution in [1.29, 1.82) is 0 Å². The predicted molar refractivity (Wildman–Crippen MR) is 67.9 cm³/mol. The van der Waals surface area contributed by atoms with Gasteiger partial charge in [-0.1, -0.05) is 0 Å². The first-order valence-electron chi connectivity index (χ1n) is 6.01. The molecule has 3 rings (SSSR count). The van der Waals surface area contributed by atoms with Gasteiger partial charge in [0.15, 0.2) is 0 Å². The van der Waals surface area contributed by atoms with Crippen molar-refractivity contribution in [2.75, 3.05) is 13.7 Å². The summed E-state index contributed by atoms with van der Waals surface area (Å²) >= 11 is 1.37. The molecule has 1 aromatic rings. The Morgan fingerprint density at radius 3 is 3.22 bits per heavy atom. The maximum absolute atomic E-state index is 12.0. The van der Waals surface area contributed by atoms with Gasteiger partial charge in [-0.25, -0.2) is 0 Å². The number of carbonyl (C=O) groups excluding carboxylic acids is 1. The third-order valence-electron chi connectivity index (χ3n) is 3.78. The lowest BCUT2D eigenvalue weighted by atomic mass is 9.72. The van der Waals surface area contributed by atoms with Crippen molar-refractivity contribution in [3.63, 3.8) is 0 Å². The van der Waals surface area contributed by atoms with Crippen molar-refractivity contribution in [2.45, 2.75) is 24.6 Å². The molecule has 1 amide bonds. The highest BCUT2D eigenvalue weighted by molar-refractivity contribution is 7.12. The van der Waals surface area contributed by atoms with E-state index in [0.717, 1.165) is 13.0 Å². The van der Waals surface area contributed by atoms with Crippen molar-refractivity contribution < 1.29 is 14.3 Å². The van der Waals surface area contributed by atoms with Crippen LogP contribution in [-0.4, -0.2) is 37.8 Å². The number of hydrogen-bond donors (Lipinski definition) is 2. The van der Waals surface area contributed by atoms with E-state index in [1.165, 1.54) is 11.3 Å². The molecule has 98 valence electrons. The van der Waals surface area contributed by atoms with Crippen LogP contribution in [0.3, 0.4) is 0 Å². The maximum Gasteiger partial charge on any atom is 0.261 e. The normalized spacial score (nSPS) is 33.7. The summed E-state index contributed by atoms with van der Waals surface area (Å²) < 4.78 is 10.6. The number of fused-ring (bicyclic) bond motifs is 1. The van der Waals surface area contributed by atoms with Crippen molar-refractivity contribution in [2.24, 2.45) is 11.7 Å². The summed E-state index contributed by atoms with van der Waals surface area (Å²) in [4.78, 5) is 12.7. The molecule has 1 saturated heterocycles. The lowest BCUT2D eigenvalue weighted by Gasteiger charge is -2.45. The quantitative estimate of drug-likeness (QED) is 0.842. The first-order chi connectivity index (χ1) is 8.70. The topological polar surface area (TPSA) is 73.6 Å². The fourth-order valence-electron chi connectivity index (χ4n) is 2.70. The molecule has 2 heterocycles. The molecule has 0 bridgehead atoms. The van der Waals surface area contributed by atoms with E-state index in [-0.39, 0.29) is 24.1 Å². The van der Waals surface area contributed by atoms with Gasteiger partial charge in [0.25, 0.3) is 5.91 Å². The monoisotopic (exact) mass is 268 g/mol. The molecule has 1 aliphatic carbocycles. The third kappa shape index (κ3) is 1.81. The van der Waals surface area contributed by atoms with E-state index in [9.17, 15) is 4.79 Å². The Hall–Kier alpha value is -1.11. The summed E-state index contributed by atoms with van der Waals surface area (Å²) in [7, 11) is 1.59. The molecule has 0 aromatic carbocycles.